The van der Waals surface area contributed by atoms with Gasteiger partial charge in [-0.2, -0.15) is 0 Å². The van der Waals surface area contributed by atoms with Crippen molar-refractivity contribution in [1.82, 2.24) is 10.2 Å². The topological polar surface area (TPSA) is 15.3 Å². The van der Waals surface area contributed by atoms with Gasteiger partial charge < -0.3 is 5.32 Å². The van der Waals surface area contributed by atoms with Crippen molar-refractivity contribution in [2.24, 2.45) is 5.92 Å². The zero-order chi connectivity index (χ0) is 12.1. The summed E-state index contributed by atoms with van der Waals surface area (Å²) in [5.74, 6) is 0.943. The predicted octanol–water partition coefficient (Wildman–Crippen LogP) is 3.03. The van der Waals surface area contributed by atoms with E-state index >= 15 is 0 Å². The van der Waals surface area contributed by atoms with Crippen LogP contribution in [0.1, 0.15) is 58.8 Å². The molecule has 17 heavy (non-hydrogen) atoms. The second kappa shape index (κ2) is 6.75. The quantitative estimate of drug-likeness (QED) is 0.792. The van der Waals surface area contributed by atoms with Crippen LogP contribution >= 0.6 is 0 Å². The number of likely N-dealkylation sites (N-methyl/N-ethyl adjacent to an activating group) is 1. The lowest BCUT2D eigenvalue weighted by Crippen LogP contribution is -2.52. The summed E-state index contributed by atoms with van der Waals surface area (Å²) in [6.45, 7) is 8.38. The Morgan fingerprint density at radius 2 is 1.88 bits per heavy atom. The molecule has 0 aromatic rings. The molecule has 2 fully saturated rings. The molecular weight excluding hydrogens is 208 g/mol. The van der Waals surface area contributed by atoms with E-state index in [1.165, 1.54) is 58.0 Å². The van der Waals surface area contributed by atoms with Crippen molar-refractivity contribution in [3.8, 4) is 0 Å². The number of hydrogen-bond donors (Lipinski definition) is 1. The summed E-state index contributed by atoms with van der Waals surface area (Å²) in [4.78, 5) is 2.81. The Hall–Kier alpha value is -0.0800. The standard InChI is InChI=1S/C15H30N2/c1-3-7-13-10-14(16-4-2)12-17(11-13)15-8-5-6-9-15/h13-16H,3-12H2,1-2H3. The van der Waals surface area contributed by atoms with Crippen LogP contribution in [0, 0.1) is 5.92 Å². The summed E-state index contributed by atoms with van der Waals surface area (Å²) in [6, 6.07) is 1.67. The number of nitrogens with one attached hydrogen (secondary N) is 1. The van der Waals surface area contributed by atoms with Gasteiger partial charge in [0.15, 0.2) is 0 Å². The summed E-state index contributed by atoms with van der Waals surface area (Å²) in [5, 5.41) is 3.68. The SMILES string of the molecule is CCCC1CC(NCC)CN(C2CCCC2)C1. The Balaban J connectivity index is 1.90. The minimum Gasteiger partial charge on any atom is -0.313 e. The van der Waals surface area contributed by atoms with E-state index in [2.05, 4.69) is 24.1 Å². The van der Waals surface area contributed by atoms with Crippen LogP contribution in [-0.4, -0.2) is 36.6 Å². The van der Waals surface area contributed by atoms with E-state index in [0.29, 0.717) is 0 Å². The first-order valence-corrected chi connectivity index (χ1v) is 7.80. The normalized spacial score (nSPS) is 32.1. The molecule has 0 aromatic heterocycles. The van der Waals surface area contributed by atoms with Crippen LogP contribution in [0.4, 0.5) is 0 Å². The summed E-state index contributed by atoms with van der Waals surface area (Å²) in [7, 11) is 0. The molecule has 1 aliphatic heterocycles. The van der Waals surface area contributed by atoms with Crippen LogP contribution in [0.3, 0.4) is 0 Å². The minimum absolute atomic E-state index is 0.755. The highest BCUT2D eigenvalue weighted by Gasteiger charge is 2.31. The molecule has 1 N–H and O–H groups in total. The van der Waals surface area contributed by atoms with Crippen molar-refractivity contribution in [1.29, 1.82) is 0 Å². The van der Waals surface area contributed by atoms with Crippen molar-refractivity contribution < 1.29 is 0 Å². The molecule has 1 saturated heterocycles. The minimum atomic E-state index is 0.755. The first kappa shape index (κ1) is 13.4. The molecule has 2 heteroatoms. The molecule has 0 radical (unpaired) electrons. The maximum atomic E-state index is 3.68. The van der Waals surface area contributed by atoms with Crippen LogP contribution in [0.25, 0.3) is 0 Å². The van der Waals surface area contributed by atoms with Crippen molar-refractivity contribution >= 4 is 0 Å². The fraction of sp³-hybridized carbons (Fsp3) is 1.00. The molecule has 0 bridgehead atoms. The Morgan fingerprint density at radius 3 is 2.53 bits per heavy atom. The molecule has 1 aliphatic carbocycles. The molecule has 1 saturated carbocycles. The van der Waals surface area contributed by atoms with Crippen LogP contribution in [0.5, 0.6) is 0 Å². The molecule has 0 spiro atoms. The summed E-state index contributed by atoms with van der Waals surface area (Å²) in [5.41, 5.74) is 0. The number of nitrogens with zero attached hydrogens (tertiary/aromatic N) is 1. The first-order chi connectivity index (χ1) is 8.33. The molecular formula is C15H30N2. The molecule has 2 nitrogen and oxygen atoms in total. The largest absolute Gasteiger partial charge is 0.313 e. The van der Waals surface area contributed by atoms with Crippen LogP contribution in [0.15, 0.2) is 0 Å². The van der Waals surface area contributed by atoms with Gasteiger partial charge in [-0.3, -0.25) is 4.90 Å². The van der Waals surface area contributed by atoms with Gasteiger partial charge in [0.05, 0.1) is 0 Å². The molecule has 2 aliphatic rings. The highest BCUT2D eigenvalue weighted by atomic mass is 15.2. The Bertz CT molecular complexity index is 197. The first-order valence-electron chi connectivity index (χ1n) is 7.80. The third-order valence-electron chi connectivity index (χ3n) is 4.60. The number of hydrogen-bond acceptors (Lipinski definition) is 2. The molecule has 0 aromatic carbocycles. The van der Waals surface area contributed by atoms with E-state index < -0.39 is 0 Å². The average molecular weight is 238 g/mol. The predicted molar refractivity (Wildman–Crippen MR) is 74.3 cm³/mol. The fourth-order valence-electron chi connectivity index (χ4n) is 3.86. The van der Waals surface area contributed by atoms with E-state index in [1.807, 2.05) is 0 Å². The van der Waals surface area contributed by atoms with Crippen LogP contribution < -0.4 is 5.32 Å². The van der Waals surface area contributed by atoms with E-state index in [4.69, 9.17) is 0 Å². The van der Waals surface area contributed by atoms with Gasteiger partial charge in [0, 0.05) is 25.2 Å². The average Bonchev–Trinajstić information content (AvgIpc) is 2.83. The molecule has 0 amide bonds. The Labute approximate surface area is 107 Å². The number of rotatable bonds is 5. The van der Waals surface area contributed by atoms with Gasteiger partial charge in [-0.1, -0.05) is 33.1 Å². The van der Waals surface area contributed by atoms with Gasteiger partial charge >= 0.3 is 0 Å². The van der Waals surface area contributed by atoms with Gasteiger partial charge in [-0.05, 0) is 38.1 Å². The zero-order valence-electron chi connectivity index (χ0n) is 11.8. The second-order valence-electron chi connectivity index (χ2n) is 6.04. The van der Waals surface area contributed by atoms with Crippen molar-refractivity contribution in [3.63, 3.8) is 0 Å². The Morgan fingerprint density at radius 1 is 1.12 bits per heavy atom. The summed E-state index contributed by atoms with van der Waals surface area (Å²) in [6.07, 6.45) is 10.0. The Kier molecular flexibility index (Phi) is 5.30. The maximum Gasteiger partial charge on any atom is 0.0198 e. The van der Waals surface area contributed by atoms with E-state index in [-0.39, 0.29) is 0 Å². The highest BCUT2D eigenvalue weighted by Crippen LogP contribution is 2.29. The van der Waals surface area contributed by atoms with Gasteiger partial charge in [0.25, 0.3) is 0 Å². The van der Waals surface area contributed by atoms with E-state index in [9.17, 15) is 0 Å². The van der Waals surface area contributed by atoms with E-state index in [1.54, 1.807) is 0 Å². The molecule has 100 valence electrons. The van der Waals surface area contributed by atoms with Gasteiger partial charge in [-0.15, -0.1) is 0 Å². The summed E-state index contributed by atoms with van der Waals surface area (Å²) >= 11 is 0. The second-order valence-corrected chi connectivity index (χ2v) is 6.04. The van der Waals surface area contributed by atoms with Gasteiger partial charge in [0.2, 0.25) is 0 Å². The molecule has 2 atom stereocenters. The molecule has 1 heterocycles. The summed E-state index contributed by atoms with van der Waals surface area (Å²) < 4.78 is 0. The fourth-order valence-corrected chi connectivity index (χ4v) is 3.86. The van der Waals surface area contributed by atoms with Crippen molar-refractivity contribution in [3.05, 3.63) is 0 Å². The van der Waals surface area contributed by atoms with E-state index in [0.717, 1.165) is 24.5 Å². The third kappa shape index (κ3) is 3.69. The van der Waals surface area contributed by atoms with Crippen LogP contribution in [0.2, 0.25) is 0 Å². The van der Waals surface area contributed by atoms with Gasteiger partial charge in [0.1, 0.15) is 0 Å². The number of piperidine rings is 1. The lowest BCUT2D eigenvalue weighted by molar-refractivity contribution is 0.0957. The van der Waals surface area contributed by atoms with Gasteiger partial charge in [-0.25, -0.2) is 0 Å². The zero-order valence-corrected chi connectivity index (χ0v) is 11.8. The number of likely N-dealkylation sites (tertiary alicyclic amines) is 1. The lowest BCUT2D eigenvalue weighted by atomic mass is 9.89. The van der Waals surface area contributed by atoms with Crippen molar-refractivity contribution in [2.45, 2.75) is 70.9 Å². The lowest BCUT2D eigenvalue weighted by Gasteiger charge is -2.41. The van der Waals surface area contributed by atoms with Crippen LogP contribution in [-0.2, 0) is 0 Å². The maximum absolute atomic E-state index is 3.68. The highest BCUT2D eigenvalue weighted by molar-refractivity contribution is 4.88. The van der Waals surface area contributed by atoms with Crippen molar-refractivity contribution in [2.75, 3.05) is 19.6 Å². The molecule has 2 rings (SSSR count). The monoisotopic (exact) mass is 238 g/mol. The third-order valence-corrected chi connectivity index (χ3v) is 4.60. The smallest absolute Gasteiger partial charge is 0.0198 e. The molecule has 2 unspecified atom stereocenters.